The Bertz CT molecular complexity index is 900. The molecule has 1 aliphatic carbocycles. The minimum absolute atomic E-state index is 0.149. The summed E-state index contributed by atoms with van der Waals surface area (Å²) < 4.78 is 1.92. The molecular weight excluding hydrogens is 316 g/mol. The first-order valence-electron chi connectivity index (χ1n) is 8.43. The van der Waals surface area contributed by atoms with E-state index in [4.69, 9.17) is 0 Å². The highest BCUT2D eigenvalue weighted by Crippen LogP contribution is 2.37. The molecule has 2 heterocycles. The number of carbonyl (C=O) groups excluding carboxylic acids is 1. The Morgan fingerprint density at radius 1 is 1.28 bits per heavy atom. The zero-order chi connectivity index (χ0) is 17.4. The Morgan fingerprint density at radius 2 is 2.12 bits per heavy atom. The van der Waals surface area contributed by atoms with Gasteiger partial charge in [-0.05, 0) is 49.1 Å². The Balaban J connectivity index is 1.59. The fourth-order valence-corrected chi connectivity index (χ4v) is 3.40. The molecule has 128 valence electrons. The molecule has 6 nitrogen and oxygen atoms in total. The summed E-state index contributed by atoms with van der Waals surface area (Å²) >= 11 is 0. The molecule has 0 aliphatic heterocycles. The van der Waals surface area contributed by atoms with Gasteiger partial charge in [0.05, 0.1) is 35.2 Å². The van der Waals surface area contributed by atoms with E-state index in [0.717, 1.165) is 16.7 Å². The average Bonchev–Trinajstić information content (AvgIpc) is 2.98. The quantitative estimate of drug-likeness (QED) is 0.765. The average molecular weight is 336 g/mol. The highest BCUT2D eigenvalue weighted by atomic mass is 16.3. The molecule has 0 radical (unpaired) electrons. The van der Waals surface area contributed by atoms with Gasteiger partial charge in [0.25, 0.3) is 5.91 Å². The summed E-state index contributed by atoms with van der Waals surface area (Å²) in [6.45, 7) is 0. The predicted molar refractivity (Wildman–Crippen MR) is 93.9 cm³/mol. The van der Waals surface area contributed by atoms with Crippen molar-refractivity contribution in [3.8, 4) is 0 Å². The van der Waals surface area contributed by atoms with Gasteiger partial charge in [-0.25, -0.2) is 4.98 Å². The lowest BCUT2D eigenvalue weighted by atomic mass is 9.76. The van der Waals surface area contributed by atoms with Gasteiger partial charge in [0.2, 0.25) is 0 Å². The molecule has 1 aliphatic rings. The number of carbonyl (C=O) groups is 1. The van der Waals surface area contributed by atoms with E-state index in [1.54, 1.807) is 18.6 Å². The molecule has 6 heteroatoms. The fourth-order valence-electron chi connectivity index (χ4n) is 3.40. The smallest absolute Gasteiger partial charge is 0.251 e. The van der Waals surface area contributed by atoms with E-state index in [1.165, 1.54) is 0 Å². The number of imidazole rings is 1. The highest BCUT2D eigenvalue weighted by Gasteiger charge is 2.36. The molecule has 25 heavy (non-hydrogen) atoms. The molecule has 0 unspecified atom stereocenters. The van der Waals surface area contributed by atoms with E-state index in [9.17, 15) is 9.90 Å². The van der Waals surface area contributed by atoms with Gasteiger partial charge < -0.3 is 15.0 Å². The number of aliphatic hydroxyl groups excluding tert-OH is 1. The van der Waals surface area contributed by atoms with Crippen LogP contribution in [0, 0.1) is 5.92 Å². The number of nitrogens with zero attached hydrogens (tertiary/aromatic N) is 3. The van der Waals surface area contributed by atoms with E-state index in [2.05, 4.69) is 15.3 Å². The van der Waals surface area contributed by atoms with Crippen molar-refractivity contribution in [1.29, 1.82) is 0 Å². The minimum atomic E-state index is -0.280. The Hall–Kier alpha value is -2.73. The largest absolute Gasteiger partial charge is 0.393 e. The lowest BCUT2D eigenvalue weighted by Gasteiger charge is -2.37. The topological polar surface area (TPSA) is 80.0 Å². The second-order valence-electron chi connectivity index (χ2n) is 6.65. The molecule has 0 saturated heterocycles. The molecule has 4 rings (SSSR count). The molecule has 2 aromatic heterocycles. The maximum atomic E-state index is 12.8. The van der Waals surface area contributed by atoms with Crippen LogP contribution in [-0.4, -0.2) is 31.7 Å². The number of rotatable bonds is 4. The molecular formula is C19H20N4O2. The van der Waals surface area contributed by atoms with Crippen LogP contribution >= 0.6 is 0 Å². The highest BCUT2D eigenvalue weighted by molar-refractivity contribution is 5.97. The van der Waals surface area contributed by atoms with Crippen molar-refractivity contribution < 1.29 is 9.90 Å². The monoisotopic (exact) mass is 336 g/mol. The van der Waals surface area contributed by atoms with Gasteiger partial charge in [-0.3, -0.25) is 9.78 Å². The number of fused-ring (bicyclic) bond motifs is 1. The van der Waals surface area contributed by atoms with Gasteiger partial charge in [-0.2, -0.15) is 0 Å². The third-order valence-electron chi connectivity index (χ3n) is 4.90. The molecule has 0 bridgehead atoms. The van der Waals surface area contributed by atoms with Gasteiger partial charge in [0.15, 0.2) is 0 Å². The number of pyridine rings is 1. The van der Waals surface area contributed by atoms with Gasteiger partial charge in [-0.1, -0.05) is 6.07 Å². The summed E-state index contributed by atoms with van der Waals surface area (Å²) in [5, 5.41) is 12.7. The summed E-state index contributed by atoms with van der Waals surface area (Å²) in [5.74, 6) is 0.0528. The van der Waals surface area contributed by atoms with Crippen LogP contribution in [-0.2, 0) is 7.05 Å². The Labute approximate surface area is 145 Å². The van der Waals surface area contributed by atoms with Gasteiger partial charge in [0.1, 0.15) is 0 Å². The molecule has 1 saturated carbocycles. The van der Waals surface area contributed by atoms with E-state index in [-0.39, 0.29) is 24.0 Å². The molecule has 2 N–H and O–H groups in total. The van der Waals surface area contributed by atoms with Crippen LogP contribution in [0.2, 0.25) is 0 Å². The summed E-state index contributed by atoms with van der Waals surface area (Å²) in [6, 6.07) is 11.0. The lowest BCUT2D eigenvalue weighted by Crippen LogP contribution is -2.41. The number of aromatic nitrogens is 3. The number of amides is 1. The van der Waals surface area contributed by atoms with Crippen LogP contribution in [0.4, 0.5) is 0 Å². The molecule has 1 fully saturated rings. The van der Waals surface area contributed by atoms with Crippen molar-refractivity contribution in [3.05, 3.63) is 60.2 Å². The van der Waals surface area contributed by atoms with Crippen molar-refractivity contribution in [2.75, 3.05) is 0 Å². The lowest BCUT2D eigenvalue weighted by molar-refractivity contribution is 0.0228. The van der Waals surface area contributed by atoms with Gasteiger partial charge in [0, 0.05) is 18.8 Å². The summed E-state index contributed by atoms with van der Waals surface area (Å²) in [4.78, 5) is 21.5. The Kier molecular flexibility index (Phi) is 3.97. The van der Waals surface area contributed by atoms with Crippen molar-refractivity contribution >= 4 is 16.9 Å². The number of aliphatic hydroxyl groups is 1. The van der Waals surface area contributed by atoms with Gasteiger partial charge >= 0.3 is 0 Å². The van der Waals surface area contributed by atoms with E-state index in [1.807, 2.05) is 41.9 Å². The standard InChI is InChI=1S/C19H20N4O2/c1-23-11-21-16-10-12(5-6-17(16)23)19(25)22-18(13-8-14(24)9-13)15-4-2-3-7-20-15/h2-7,10-11,13-14,18,24H,8-9H2,1H3,(H,22,25)/t13?,14?,18-/m0/s1. The maximum Gasteiger partial charge on any atom is 0.251 e. The maximum absolute atomic E-state index is 12.8. The zero-order valence-electron chi connectivity index (χ0n) is 14.0. The normalized spacial score (nSPS) is 20.9. The third-order valence-corrected chi connectivity index (χ3v) is 4.90. The fraction of sp³-hybridized carbons (Fsp3) is 0.316. The van der Waals surface area contributed by atoms with Crippen molar-refractivity contribution in [3.63, 3.8) is 0 Å². The first-order chi connectivity index (χ1) is 12.1. The van der Waals surface area contributed by atoms with Crippen LogP contribution in [0.1, 0.15) is 34.9 Å². The molecule has 1 atom stereocenters. The third kappa shape index (κ3) is 3.00. The number of nitrogens with one attached hydrogen (secondary N) is 1. The molecule has 3 aromatic rings. The second kappa shape index (κ2) is 6.29. The number of hydrogen-bond acceptors (Lipinski definition) is 4. The van der Waals surface area contributed by atoms with Crippen molar-refractivity contribution in [2.45, 2.75) is 25.0 Å². The minimum Gasteiger partial charge on any atom is -0.393 e. The number of aryl methyl sites for hydroxylation is 1. The Morgan fingerprint density at radius 3 is 2.84 bits per heavy atom. The van der Waals surface area contributed by atoms with Crippen LogP contribution < -0.4 is 5.32 Å². The molecule has 1 aromatic carbocycles. The predicted octanol–water partition coefficient (Wildman–Crippen LogP) is 2.21. The SMILES string of the molecule is Cn1cnc2cc(C(=O)N[C@H](c3ccccn3)C3CC(O)C3)ccc21. The summed E-state index contributed by atoms with van der Waals surface area (Å²) in [7, 11) is 1.92. The summed E-state index contributed by atoms with van der Waals surface area (Å²) in [5.41, 5.74) is 3.18. The first-order valence-corrected chi connectivity index (χ1v) is 8.43. The molecule has 1 amide bonds. The van der Waals surface area contributed by atoms with E-state index in [0.29, 0.717) is 18.4 Å². The molecule has 0 spiro atoms. The van der Waals surface area contributed by atoms with Crippen molar-refractivity contribution in [1.82, 2.24) is 19.9 Å². The van der Waals surface area contributed by atoms with E-state index >= 15 is 0 Å². The van der Waals surface area contributed by atoms with Crippen LogP contribution in [0.3, 0.4) is 0 Å². The van der Waals surface area contributed by atoms with Crippen LogP contribution in [0.5, 0.6) is 0 Å². The number of hydrogen-bond donors (Lipinski definition) is 2. The van der Waals surface area contributed by atoms with Gasteiger partial charge in [-0.15, -0.1) is 0 Å². The van der Waals surface area contributed by atoms with Crippen LogP contribution in [0.25, 0.3) is 11.0 Å². The first kappa shape index (κ1) is 15.8. The van der Waals surface area contributed by atoms with Crippen molar-refractivity contribution in [2.24, 2.45) is 13.0 Å². The van der Waals surface area contributed by atoms with E-state index < -0.39 is 0 Å². The summed E-state index contributed by atoms with van der Waals surface area (Å²) in [6.07, 6.45) is 4.54. The van der Waals surface area contributed by atoms with Crippen LogP contribution in [0.15, 0.2) is 48.9 Å². The second-order valence-corrected chi connectivity index (χ2v) is 6.65. The number of benzene rings is 1. The zero-order valence-corrected chi connectivity index (χ0v) is 14.0.